The Morgan fingerprint density at radius 2 is 1.90 bits per heavy atom. The molecule has 2 aromatic rings. The van der Waals surface area contributed by atoms with E-state index in [0.717, 1.165) is 10.5 Å². The van der Waals surface area contributed by atoms with Crippen LogP contribution in [-0.4, -0.2) is 24.6 Å². The van der Waals surface area contributed by atoms with Crippen LogP contribution in [0.1, 0.15) is 12.5 Å². The monoisotopic (exact) mass is 393 g/mol. The standard InChI is InChI=1S/C21H19N3O5/c1-3-14(22-13-8-9-16-17(10-13)29-11-28-16)18-19(25)23-21(27)24(20(18)26)15-7-5-4-6-12(15)2/h3-10,18,22H,11H2,1-2H3,(H,23,25,27)/b14-3+/t18-/m1/s1. The lowest BCUT2D eigenvalue weighted by atomic mass is 9.98. The molecule has 2 aromatic carbocycles. The van der Waals surface area contributed by atoms with Crippen molar-refractivity contribution in [2.24, 2.45) is 5.92 Å². The van der Waals surface area contributed by atoms with Crippen LogP contribution < -0.4 is 25.0 Å². The summed E-state index contributed by atoms with van der Waals surface area (Å²) in [7, 11) is 0. The first kappa shape index (κ1) is 18.5. The molecular formula is C21H19N3O5. The highest BCUT2D eigenvalue weighted by Crippen LogP contribution is 2.35. The molecule has 0 aliphatic carbocycles. The molecule has 4 rings (SSSR count). The van der Waals surface area contributed by atoms with Crippen LogP contribution in [0.2, 0.25) is 0 Å². The molecule has 2 aliphatic rings. The predicted octanol–water partition coefficient (Wildman–Crippen LogP) is 2.94. The first-order valence-electron chi connectivity index (χ1n) is 9.07. The Kier molecular flexibility index (Phi) is 4.67. The Morgan fingerprint density at radius 1 is 1.14 bits per heavy atom. The van der Waals surface area contributed by atoms with Gasteiger partial charge in [0.15, 0.2) is 17.4 Å². The number of imide groups is 2. The minimum atomic E-state index is -1.19. The Bertz CT molecular complexity index is 1050. The minimum Gasteiger partial charge on any atom is -0.454 e. The first-order chi connectivity index (χ1) is 14.0. The van der Waals surface area contributed by atoms with Gasteiger partial charge < -0.3 is 14.8 Å². The number of aryl methyl sites for hydroxylation is 1. The van der Waals surface area contributed by atoms with Crippen LogP contribution in [0.25, 0.3) is 0 Å². The van der Waals surface area contributed by atoms with Crippen LogP contribution in [0.3, 0.4) is 0 Å². The van der Waals surface area contributed by atoms with Crippen LogP contribution >= 0.6 is 0 Å². The topological polar surface area (TPSA) is 97.0 Å². The van der Waals surface area contributed by atoms with E-state index in [9.17, 15) is 14.4 Å². The smallest absolute Gasteiger partial charge is 0.335 e. The number of anilines is 2. The molecule has 1 saturated heterocycles. The lowest BCUT2D eigenvalue weighted by Gasteiger charge is -2.32. The number of ether oxygens (including phenoxy) is 2. The molecule has 0 spiro atoms. The van der Waals surface area contributed by atoms with Crippen LogP contribution in [0.15, 0.2) is 54.2 Å². The number of urea groups is 1. The molecule has 0 bridgehead atoms. The Balaban J connectivity index is 1.64. The average Bonchev–Trinajstić information content (AvgIpc) is 3.16. The van der Waals surface area contributed by atoms with Gasteiger partial charge in [-0.25, -0.2) is 9.69 Å². The van der Waals surface area contributed by atoms with Gasteiger partial charge in [-0.1, -0.05) is 24.3 Å². The second-order valence-corrected chi connectivity index (χ2v) is 6.62. The van der Waals surface area contributed by atoms with E-state index in [-0.39, 0.29) is 6.79 Å². The summed E-state index contributed by atoms with van der Waals surface area (Å²) in [5, 5.41) is 5.38. The van der Waals surface area contributed by atoms with Crippen molar-refractivity contribution in [2.75, 3.05) is 17.0 Å². The molecule has 0 radical (unpaired) electrons. The highest BCUT2D eigenvalue weighted by Gasteiger charge is 2.43. The number of rotatable bonds is 4. The summed E-state index contributed by atoms with van der Waals surface area (Å²) in [4.78, 5) is 39.2. The molecule has 2 aliphatic heterocycles. The van der Waals surface area contributed by atoms with Crippen molar-refractivity contribution in [1.29, 1.82) is 0 Å². The second-order valence-electron chi connectivity index (χ2n) is 6.62. The molecule has 8 nitrogen and oxygen atoms in total. The largest absolute Gasteiger partial charge is 0.454 e. The highest BCUT2D eigenvalue weighted by atomic mass is 16.7. The third-order valence-corrected chi connectivity index (χ3v) is 4.80. The van der Waals surface area contributed by atoms with Crippen LogP contribution in [0.5, 0.6) is 11.5 Å². The summed E-state index contributed by atoms with van der Waals surface area (Å²) >= 11 is 0. The van der Waals surface area contributed by atoms with Crippen molar-refractivity contribution in [3.8, 4) is 11.5 Å². The van der Waals surface area contributed by atoms with Crippen molar-refractivity contribution in [3.05, 3.63) is 59.8 Å². The Morgan fingerprint density at radius 3 is 2.66 bits per heavy atom. The predicted molar refractivity (Wildman–Crippen MR) is 106 cm³/mol. The summed E-state index contributed by atoms with van der Waals surface area (Å²) in [6.07, 6.45) is 1.64. The minimum absolute atomic E-state index is 0.145. The van der Waals surface area contributed by atoms with Crippen LogP contribution in [0, 0.1) is 12.8 Å². The van der Waals surface area contributed by atoms with Gasteiger partial charge in [0.25, 0.3) is 5.91 Å². The third kappa shape index (κ3) is 3.29. The van der Waals surface area contributed by atoms with E-state index in [4.69, 9.17) is 9.47 Å². The number of hydrogen-bond acceptors (Lipinski definition) is 6. The number of hydrogen-bond donors (Lipinski definition) is 2. The van der Waals surface area contributed by atoms with E-state index in [1.165, 1.54) is 0 Å². The maximum atomic E-state index is 13.2. The normalized spacial score (nSPS) is 18.7. The summed E-state index contributed by atoms with van der Waals surface area (Å²) in [6, 6.07) is 11.5. The van der Waals surface area contributed by atoms with Crippen molar-refractivity contribution < 1.29 is 23.9 Å². The number of benzene rings is 2. The molecule has 148 valence electrons. The summed E-state index contributed by atoms with van der Waals surface area (Å²) in [6.45, 7) is 3.65. The zero-order chi connectivity index (χ0) is 20.5. The number of fused-ring (bicyclic) bond motifs is 1. The van der Waals surface area contributed by atoms with Gasteiger partial charge in [0.2, 0.25) is 12.7 Å². The summed E-state index contributed by atoms with van der Waals surface area (Å²) in [5.41, 5.74) is 2.17. The number of carbonyl (C=O) groups excluding carboxylic acids is 3. The van der Waals surface area contributed by atoms with Gasteiger partial charge in [-0.2, -0.15) is 0 Å². The van der Waals surface area contributed by atoms with Crippen molar-refractivity contribution >= 4 is 29.2 Å². The van der Waals surface area contributed by atoms with Crippen LogP contribution in [-0.2, 0) is 9.59 Å². The zero-order valence-electron chi connectivity index (χ0n) is 15.9. The number of nitrogens with zero attached hydrogens (tertiary/aromatic N) is 1. The maximum Gasteiger partial charge on any atom is 0.335 e. The molecule has 29 heavy (non-hydrogen) atoms. The number of barbiturate groups is 1. The molecule has 0 aromatic heterocycles. The molecular weight excluding hydrogens is 374 g/mol. The number of para-hydroxylation sites is 1. The molecule has 1 atom stereocenters. The van der Waals surface area contributed by atoms with E-state index < -0.39 is 23.8 Å². The average molecular weight is 393 g/mol. The number of nitrogens with one attached hydrogen (secondary N) is 2. The maximum absolute atomic E-state index is 13.2. The van der Waals surface area contributed by atoms with Gasteiger partial charge in [0, 0.05) is 17.5 Å². The van der Waals surface area contributed by atoms with E-state index in [0.29, 0.717) is 28.6 Å². The first-order valence-corrected chi connectivity index (χ1v) is 9.07. The Labute approximate surface area is 167 Å². The number of carbonyl (C=O) groups is 3. The van der Waals surface area contributed by atoms with E-state index in [1.54, 1.807) is 56.3 Å². The van der Waals surface area contributed by atoms with Gasteiger partial charge >= 0.3 is 6.03 Å². The molecule has 2 N–H and O–H groups in total. The van der Waals surface area contributed by atoms with Gasteiger partial charge in [-0.05, 0) is 37.6 Å². The molecule has 2 heterocycles. The van der Waals surface area contributed by atoms with Gasteiger partial charge in [0.1, 0.15) is 0 Å². The lowest BCUT2D eigenvalue weighted by molar-refractivity contribution is -0.132. The van der Waals surface area contributed by atoms with Crippen molar-refractivity contribution in [2.45, 2.75) is 13.8 Å². The zero-order valence-corrected chi connectivity index (χ0v) is 15.9. The number of allylic oxidation sites excluding steroid dienone is 1. The fourth-order valence-electron chi connectivity index (χ4n) is 3.34. The molecule has 4 amide bonds. The van der Waals surface area contributed by atoms with Gasteiger partial charge in [0.05, 0.1) is 5.69 Å². The molecule has 0 unspecified atom stereocenters. The third-order valence-electron chi connectivity index (χ3n) is 4.80. The SMILES string of the molecule is C/C=C(/Nc1ccc2c(c1)OCO2)[C@@H]1C(=O)NC(=O)N(c2ccccc2C)C1=O. The molecule has 0 saturated carbocycles. The lowest BCUT2D eigenvalue weighted by Crippen LogP contribution is -2.59. The van der Waals surface area contributed by atoms with Crippen LogP contribution in [0.4, 0.5) is 16.2 Å². The quantitative estimate of drug-likeness (QED) is 0.776. The van der Waals surface area contributed by atoms with Crippen molar-refractivity contribution in [3.63, 3.8) is 0 Å². The molecule has 8 heteroatoms. The second kappa shape index (κ2) is 7.31. The van der Waals surface area contributed by atoms with Crippen molar-refractivity contribution in [1.82, 2.24) is 5.32 Å². The fraction of sp³-hybridized carbons (Fsp3) is 0.190. The highest BCUT2D eigenvalue weighted by molar-refractivity contribution is 6.29. The Hall–Kier alpha value is -3.81. The van der Waals surface area contributed by atoms with E-state index >= 15 is 0 Å². The number of amides is 4. The van der Waals surface area contributed by atoms with Gasteiger partial charge in [-0.15, -0.1) is 0 Å². The van der Waals surface area contributed by atoms with Gasteiger partial charge in [-0.3, -0.25) is 14.9 Å². The summed E-state index contributed by atoms with van der Waals surface area (Å²) in [5.74, 6) is -1.29. The van der Waals surface area contributed by atoms with E-state index in [2.05, 4.69) is 10.6 Å². The van der Waals surface area contributed by atoms with E-state index in [1.807, 2.05) is 6.07 Å². The fourth-order valence-corrected chi connectivity index (χ4v) is 3.34. The summed E-state index contributed by atoms with van der Waals surface area (Å²) < 4.78 is 10.7. The molecule has 1 fully saturated rings.